The highest BCUT2D eigenvalue weighted by molar-refractivity contribution is 5.86. The van der Waals surface area contributed by atoms with E-state index >= 15 is 0 Å². The van der Waals surface area contributed by atoms with Crippen LogP contribution < -0.4 is 0 Å². The molecule has 1 unspecified atom stereocenters. The van der Waals surface area contributed by atoms with Gasteiger partial charge in [0.05, 0.1) is 6.54 Å². The van der Waals surface area contributed by atoms with Crippen LogP contribution in [0.4, 0.5) is 4.79 Å². The number of rotatable bonds is 3. The number of hydrogen-bond donors (Lipinski definition) is 1. The summed E-state index contributed by atoms with van der Waals surface area (Å²) >= 11 is 0. The van der Waals surface area contributed by atoms with Crippen LogP contribution >= 0.6 is 0 Å². The van der Waals surface area contributed by atoms with E-state index in [0.29, 0.717) is 25.3 Å². The van der Waals surface area contributed by atoms with Crippen LogP contribution in [0.1, 0.15) is 37.7 Å². The van der Waals surface area contributed by atoms with Gasteiger partial charge in [-0.15, -0.1) is 0 Å². The van der Waals surface area contributed by atoms with Gasteiger partial charge in [-0.2, -0.15) is 0 Å². The molecule has 6 nitrogen and oxygen atoms in total. The molecule has 6 heteroatoms. The van der Waals surface area contributed by atoms with Crippen LogP contribution in [0.25, 0.3) is 0 Å². The molecule has 1 aromatic rings. The van der Waals surface area contributed by atoms with Crippen molar-refractivity contribution in [2.45, 2.75) is 45.2 Å². The molecule has 1 fully saturated rings. The lowest BCUT2D eigenvalue weighted by atomic mass is 9.89. The number of hydrogen-bond acceptors (Lipinski definition) is 3. The maximum absolute atomic E-state index is 12.6. The van der Waals surface area contributed by atoms with Crippen molar-refractivity contribution in [3.05, 3.63) is 23.7 Å². The van der Waals surface area contributed by atoms with Crippen LogP contribution in [-0.2, 0) is 11.3 Å². The van der Waals surface area contributed by atoms with E-state index in [-0.39, 0.29) is 6.03 Å². The first kappa shape index (κ1) is 15.4. The third-order valence-corrected chi connectivity index (χ3v) is 4.10. The minimum atomic E-state index is -1.12. The van der Waals surface area contributed by atoms with Crippen molar-refractivity contribution in [3.63, 3.8) is 0 Å². The molecule has 1 atom stereocenters. The number of carbonyl (C=O) groups excluding carboxylic acids is 1. The minimum absolute atomic E-state index is 0.270. The highest BCUT2D eigenvalue weighted by Crippen LogP contribution is 2.29. The van der Waals surface area contributed by atoms with E-state index in [2.05, 4.69) is 0 Å². The van der Waals surface area contributed by atoms with Gasteiger partial charge in [0.2, 0.25) is 0 Å². The Hall–Kier alpha value is -1.98. The zero-order chi connectivity index (χ0) is 15.6. The summed E-state index contributed by atoms with van der Waals surface area (Å²) in [5, 5.41) is 9.46. The average Bonchev–Trinajstić information content (AvgIpc) is 2.83. The maximum Gasteiger partial charge on any atom is 0.329 e. The van der Waals surface area contributed by atoms with Crippen molar-refractivity contribution in [2.24, 2.45) is 0 Å². The lowest BCUT2D eigenvalue weighted by Crippen LogP contribution is -2.60. The summed E-state index contributed by atoms with van der Waals surface area (Å²) in [5.74, 6) is 0.536. The lowest BCUT2D eigenvalue weighted by molar-refractivity contribution is -0.150. The van der Waals surface area contributed by atoms with E-state index in [1.807, 2.05) is 19.1 Å². The molecular weight excluding hydrogens is 272 g/mol. The summed E-state index contributed by atoms with van der Waals surface area (Å²) in [6.07, 6.45) is 2.15. The molecule has 1 N–H and O–H groups in total. The number of carboxylic acids is 1. The molecule has 21 heavy (non-hydrogen) atoms. The Bertz CT molecular complexity index is 540. The predicted molar refractivity (Wildman–Crippen MR) is 76.9 cm³/mol. The number of furan rings is 1. The highest BCUT2D eigenvalue weighted by atomic mass is 16.4. The van der Waals surface area contributed by atoms with E-state index in [1.165, 1.54) is 9.80 Å². The average molecular weight is 294 g/mol. The summed E-state index contributed by atoms with van der Waals surface area (Å²) in [6.45, 7) is 4.27. The molecule has 0 aliphatic carbocycles. The monoisotopic (exact) mass is 294 g/mol. The Kier molecular flexibility index (Phi) is 4.25. The van der Waals surface area contributed by atoms with Gasteiger partial charge in [-0.25, -0.2) is 9.59 Å². The van der Waals surface area contributed by atoms with Gasteiger partial charge in [-0.3, -0.25) is 0 Å². The van der Waals surface area contributed by atoms with E-state index in [1.54, 1.807) is 14.0 Å². The molecule has 1 aliphatic heterocycles. The summed E-state index contributed by atoms with van der Waals surface area (Å²) in [5.41, 5.74) is -1.12. The topological polar surface area (TPSA) is 74.0 Å². The van der Waals surface area contributed by atoms with Crippen molar-refractivity contribution in [1.29, 1.82) is 0 Å². The fraction of sp³-hybridized carbons (Fsp3) is 0.600. The molecule has 2 rings (SSSR count). The molecule has 2 heterocycles. The highest BCUT2D eigenvalue weighted by Gasteiger charge is 2.44. The first-order valence-electron chi connectivity index (χ1n) is 7.16. The second-order valence-electron chi connectivity index (χ2n) is 5.84. The van der Waals surface area contributed by atoms with E-state index in [4.69, 9.17) is 4.42 Å². The van der Waals surface area contributed by atoms with Crippen molar-refractivity contribution < 1.29 is 19.1 Å². The van der Waals surface area contributed by atoms with Crippen LogP contribution in [0.3, 0.4) is 0 Å². The van der Waals surface area contributed by atoms with Crippen LogP contribution in [-0.4, -0.2) is 46.0 Å². The van der Waals surface area contributed by atoms with E-state index in [9.17, 15) is 14.7 Å². The first-order valence-corrected chi connectivity index (χ1v) is 7.16. The van der Waals surface area contributed by atoms with Crippen molar-refractivity contribution >= 4 is 12.0 Å². The number of piperidine rings is 1. The largest absolute Gasteiger partial charge is 0.480 e. The van der Waals surface area contributed by atoms with Crippen LogP contribution in [0, 0.1) is 6.92 Å². The number of aryl methyl sites for hydroxylation is 1. The minimum Gasteiger partial charge on any atom is -0.480 e. The summed E-state index contributed by atoms with van der Waals surface area (Å²) in [4.78, 5) is 27.1. The maximum atomic E-state index is 12.6. The zero-order valence-electron chi connectivity index (χ0n) is 12.8. The standard InChI is InChI=1S/C15H22N2O4/c1-11-6-7-12(21-11)10-16(3)14(20)17-9-5-4-8-15(17,2)13(18)19/h6-7H,4-5,8-10H2,1-3H3,(H,18,19). The van der Waals surface area contributed by atoms with Crippen molar-refractivity contribution in [1.82, 2.24) is 9.80 Å². The predicted octanol–water partition coefficient (Wildman–Crippen LogP) is 2.47. The Labute approximate surface area is 124 Å². The third kappa shape index (κ3) is 3.04. The normalized spacial score (nSPS) is 22.1. The van der Waals surface area contributed by atoms with Crippen molar-refractivity contribution in [2.75, 3.05) is 13.6 Å². The quantitative estimate of drug-likeness (QED) is 0.929. The number of likely N-dealkylation sites (tertiary alicyclic amines) is 1. The second-order valence-corrected chi connectivity index (χ2v) is 5.84. The van der Waals surface area contributed by atoms with Gasteiger partial charge < -0.3 is 19.3 Å². The third-order valence-electron chi connectivity index (χ3n) is 4.10. The summed E-state index contributed by atoms with van der Waals surface area (Å²) in [7, 11) is 1.66. The van der Waals surface area contributed by atoms with Crippen LogP contribution in [0.15, 0.2) is 16.5 Å². The molecule has 116 valence electrons. The number of aliphatic carboxylic acids is 1. The van der Waals surface area contributed by atoms with Crippen LogP contribution in [0.5, 0.6) is 0 Å². The van der Waals surface area contributed by atoms with Gasteiger partial charge in [-0.05, 0) is 45.2 Å². The molecule has 1 aromatic heterocycles. The van der Waals surface area contributed by atoms with Gasteiger partial charge >= 0.3 is 12.0 Å². The molecule has 1 saturated heterocycles. The molecule has 2 amide bonds. The summed E-state index contributed by atoms with van der Waals surface area (Å²) < 4.78 is 5.46. The van der Waals surface area contributed by atoms with Crippen LogP contribution in [0.2, 0.25) is 0 Å². The Morgan fingerprint density at radius 3 is 2.71 bits per heavy atom. The Morgan fingerprint density at radius 2 is 2.14 bits per heavy atom. The van der Waals surface area contributed by atoms with E-state index < -0.39 is 11.5 Å². The Morgan fingerprint density at radius 1 is 1.43 bits per heavy atom. The zero-order valence-corrected chi connectivity index (χ0v) is 12.8. The number of nitrogens with zero attached hydrogens (tertiary/aromatic N) is 2. The summed E-state index contributed by atoms with van der Waals surface area (Å²) in [6, 6.07) is 3.40. The van der Waals surface area contributed by atoms with Gasteiger partial charge in [0.15, 0.2) is 0 Å². The first-order chi connectivity index (χ1) is 9.84. The van der Waals surface area contributed by atoms with Gasteiger partial charge in [0.25, 0.3) is 0 Å². The molecule has 0 saturated carbocycles. The number of carbonyl (C=O) groups is 2. The SMILES string of the molecule is Cc1ccc(CN(C)C(=O)N2CCCCC2(C)C(=O)O)o1. The van der Waals surface area contributed by atoms with E-state index in [0.717, 1.165) is 18.6 Å². The molecule has 1 aliphatic rings. The molecule has 0 bridgehead atoms. The smallest absolute Gasteiger partial charge is 0.329 e. The second kappa shape index (κ2) is 5.79. The lowest BCUT2D eigenvalue weighted by Gasteiger charge is -2.43. The molecule has 0 radical (unpaired) electrons. The van der Waals surface area contributed by atoms with Gasteiger partial charge in [-0.1, -0.05) is 0 Å². The van der Waals surface area contributed by atoms with Crippen molar-refractivity contribution in [3.8, 4) is 0 Å². The Balaban J connectivity index is 2.11. The van der Waals surface area contributed by atoms with Gasteiger partial charge in [0, 0.05) is 13.6 Å². The fourth-order valence-corrected chi connectivity index (χ4v) is 2.73. The fourth-order valence-electron chi connectivity index (χ4n) is 2.73. The molecule has 0 aromatic carbocycles. The molecular formula is C15H22N2O4. The number of carboxylic acid groups (broad SMARTS) is 1. The van der Waals surface area contributed by atoms with Gasteiger partial charge in [0.1, 0.15) is 17.1 Å². The number of amides is 2. The molecule has 0 spiro atoms. The number of urea groups is 1.